The molecule has 0 N–H and O–H groups in total. The van der Waals surface area contributed by atoms with E-state index in [-0.39, 0.29) is 5.41 Å². The lowest BCUT2D eigenvalue weighted by molar-refractivity contribution is -0.571. The zero-order chi connectivity index (χ0) is 89.3. The lowest BCUT2D eigenvalue weighted by atomic mass is 9.88. The first kappa shape index (κ1) is 82.9. The smallest absolute Gasteiger partial charge is 0.269 e. The number of nitrogens with zero attached hydrogens (tertiary/aromatic N) is 4. The molecule has 0 atom stereocenters. The summed E-state index contributed by atoms with van der Waals surface area (Å²) in [5.74, 6) is 2.24. The Morgan fingerprint density at radius 1 is 0.256 bits per heavy atom. The molecule has 133 heavy (non-hydrogen) atoms. The minimum atomic E-state index is -3.47. The van der Waals surface area contributed by atoms with Gasteiger partial charge in [-0.25, -0.2) is 4.98 Å². The molecule has 0 aliphatic rings. The van der Waals surface area contributed by atoms with Gasteiger partial charge >= 0.3 is 0 Å². The van der Waals surface area contributed by atoms with Crippen molar-refractivity contribution in [2.45, 2.75) is 26.2 Å². The molecule has 0 aliphatic heterocycles. The van der Waals surface area contributed by atoms with Crippen LogP contribution in [-0.4, -0.2) is 46.4 Å². The third kappa shape index (κ3) is 14.5. The number of pyridine rings is 1. The van der Waals surface area contributed by atoms with E-state index in [0.717, 1.165) is 72.3 Å². The maximum absolute atomic E-state index is 7.25. The molecule has 0 amide bonds. The Kier molecular flexibility index (Phi) is 22.0. The number of hydrogen-bond donors (Lipinski definition) is 0. The van der Waals surface area contributed by atoms with Gasteiger partial charge in [-0.1, -0.05) is 488 Å². The van der Waals surface area contributed by atoms with Crippen LogP contribution in [0.1, 0.15) is 26.3 Å². The summed E-state index contributed by atoms with van der Waals surface area (Å²) in [5, 5.41) is 22.7. The van der Waals surface area contributed by atoms with E-state index in [1.54, 1.807) is 0 Å². The predicted octanol–water partition coefficient (Wildman–Crippen LogP) is 18.1. The molecule has 0 bridgehead atoms. The average molecular weight is 1770 g/mol. The molecule has 0 fully saturated rings. The van der Waals surface area contributed by atoms with Crippen LogP contribution in [0.3, 0.4) is 0 Å². The normalized spacial score (nSPS) is 12.0. The first-order chi connectivity index (χ1) is 65.6. The van der Waals surface area contributed by atoms with Crippen molar-refractivity contribution in [1.29, 1.82) is 0 Å². The van der Waals surface area contributed by atoms with Crippen LogP contribution in [0.25, 0.3) is 72.3 Å². The number of hydrogen-bond acceptors (Lipinski definition) is 2. The Labute approximate surface area is 782 Å². The molecule has 0 radical (unpaired) electrons. The summed E-state index contributed by atoms with van der Waals surface area (Å²) in [6, 6.07) is 198. The average Bonchev–Trinajstić information content (AvgIpc) is 1.11. The van der Waals surface area contributed by atoms with E-state index in [1.165, 1.54) is 88.6 Å². The van der Waals surface area contributed by atoms with Crippen molar-refractivity contribution < 1.29 is 9.30 Å². The fourth-order valence-corrected chi connectivity index (χ4v) is 41.0. The molecule has 0 spiro atoms. The molecule has 22 aromatic rings. The number of ether oxygens (including phenoxy) is 1. The summed E-state index contributed by atoms with van der Waals surface area (Å²) >= 11 is 0. The van der Waals surface area contributed by atoms with Crippen molar-refractivity contribution in [3.05, 3.63) is 540 Å². The molecule has 0 saturated heterocycles. The number of para-hydroxylation sites is 4. The van der Waals surface area contributed by atoms with Gasteiger partial charge in [0.25, 0.3) is 6.33 Å². The highest BCUT2D eigenvalue weighted by molar-refractivity contribution is 7.23. The predicted molar refractivity (Wildman–Crippen MR) is 566 cm³/mol. The monoisotopic (exact) mass is 1770 g/mol. The van der Waals surface area contributed by atoms with E-state index < -0.39 is 32.3 Å². The van der Waals surface area contributed by atoms with Crippen molar-refractivity contribution in [2.75, 3.05) is 0 Å². The second-order valence-corrected chi connectivity index (χ2v) is 51.0. The fraction of sp³-hybridized carbons (Fsp3) is 0.0323. The second-order valence-electron chi connectivity index (χ2n) is 35.7. The zero-order valence-corrected chi connectivity index (χ0v) is 78.4. The number of benzene rings is 19. The number of rotatable bonds is 23. The zero-order valence-electron chi connectivity index (χ0n) is 74.4. The number of imidazole rings is 1. The van der Waals surface area contributed by atoms with Crippen molar-refractivity contribution in [1.82, 2.24) is 14.1 Å². The molecule has 3 aromatic heterocycles. The molecular formula is C124H96N4OSi4. The Morgan fingerprint density at radius 2 is 0.564 bits per heavy atom. The van der Waals surface area contributed by atoms with Crippen molar-refractivity contribution in [3.63, 3.8) is 0 Å². The van der Waals surface area contributed by atoms with Gasteiger partial charge in [-0.2, -0.15) is 0 Å². The highest BCUT2D eigenvalue weighted by atomic mass is 28.3. The van der Waals surface area contributed by atoms with Crippen molar-refractivity contribution in [3.8, 4) is 50.9 Å². The Balaban J connectivity index is 0.880. The Bertz CT molecular complexity index is 6910. The van der Waals surface area contributed by atoms with Crippen LogP contribution in [0.15, 0.2) is 528 Å². The summed E-state index contributed by atoms with van der Waals surface area (Å²) in [6.45, 7) is 6.76. The molecule has 9 heteroatoms. The molecule has 19 aromatic carbocycles. The molecular weight excluding hydrogens is 1670 g/mol. The summed E-state index contributed by atoms with van der Waals surface area (Å²) in [6.07, 6.45) is 6.24. The lowest BCUT2D eigenvalue weighted by Crippen LogP contribution is -2.78. The molecule has 0 unspecified atom stereocenters. The van der Waals surface area contributed by atoms with Crippen molar-refractivity contribution in [2.24, 2.45) is 0 Å². The van der Waals surface area contributed by atoms with Gasteiger partial charge in [-0.15, -0.1) is 0 Å². The van der Waals surface area contributed by atoms with E-state index in [4.69, 9.17) is 9.72 Å². The minimum Gasteiger partial charge on any atom is -0.458 e. The summed E-state index contributed by atoms with van der Waals surface area (Å²) in [7, 11) is -13.9. The van der Waals surface area contributed by atoms with Gasteiger partial charge in [-0.3, -0.25) is 13.7 Å². The van der Waals surface area contributed by atoms with Gasteiger partial charge < -0.3 is 4.74 Å². The van der Waals surface area contributed by atoms with Crippen molar-refractivity contribution >= 4 is 148 Å². The van der Waals surface area contributed by atoms with Crippen LogP contribution in [0.4, 0.5) is 0 Å². The van der Waals surface area contributed by atoms with Crippen LogP contribution < -0.4 is 92.3 Å². The topological polar surface area (TPSA) is 35.9 Å². The van der Waals surface area contributed by atoms with E-state index >= 15 is 0 Å². The van der Waals surface area contributed by atoms with Crippen LogP contribution in [0, 0.1) is 6.33 Å². The Hall–Kier alpha value is -15.7. The quantitative estimate of drug-likeness (QED) is 0.0277. The van der Waals surface area contributed by atoms with Crippen LogP contribution in [0.2, 0.25) is 0 Å². The van der Waals surface area contributed by atoms with Crippen LogP contribution in [-0.2, 0) is 5.41 Å². The largest absolute Gasteiger partial charge is 0.458 e. The summed E-state index contributed by atoms with van der Waals surface area (Å²) < 4.78 is 14.2. The van der Waals surface area contributed by atoms with E-state index in [1.807, 2.05) is 6.20 Å². The lowest BCUT2D eigenvalue weighted by Gasteiger charge is -2.39. The van der Waals surface area contributed by atoms with Gasteiger partial charge in [-0.05, 0) is 165 Å². The third-order valence-corrected chi connectivity index (χ3v) is 46.3. The Morgan fingerprint density at radius 3 is 0.917 bits per heavy atom. The van der Waals surface area contributed by atoms with Crippen LogP contribution in [0.5, 0.6) is 11.5 Å². The van der Waals surface area contributed by atoms with Gasteiger partial charge in [0.15, 0.2) is 32.3 Å². The summed E-state index contributed by atoms with van der Waals surface area (Å²) in [4.78, 5) is 5.06. The molecule has 634 valence electrons. The fourth-order valence-electron chi connectivity index (χ4n) is 21.4. The van der Waals surface area contributed by atoms with E-state index in [2.05, 4.69) is 563 Å². The highest BCUT2D eigenvalue weighted by Gasteiger charge is 2.49. The maximum Gasteiger partial charge on any atom is 0.269 e. The van der Waals surface area contributed by atoms with E-state index in [0.29, 0.717) is 11.5 Å². The molecule has 0 saturated carbocycles. The van der Waals surface area contributed by atoms with Crippen LogP contribution >= 0.6 is 0 Å². The molecule has 5 nitrogen and oxygen atoms in total. The summed E-state index contributed by atoms with van der Waals surface area (Å²) in [5.41, 5.74) is 11.2. The van der Waals surface area contributed by atoms with Gasteiger partial charge in [0.1, 0.15) is 17.3 Å². The van der Waals surface area contributed by atoms with Gasteiger partial charge in [0.2, 0.25) is 0 Å². The number of aromatic nitrogens is 4. The number of fused-ring (bicyclic) bond motifs is 4. The van der Waals surface area contributed by atoms with E-state index in [9.17, 15) is 0 Å². The minimum absolute atomic E-state index is 0.0886. The molecule has 0 aliphatic carbocycles. The van der Waals surface area contributed by atoms with Gasteiger partial charge in [0.05, 0.1) is 33.4 Å². The maximum atomic E-state index is 7.25. The third-order valence-electron chi connectivity index (χ3n) is 27.3. The molecule has 3 heterocycles. The first-order valence-electron chi connectivity index (χ1n) is 46.0. The highest BCUT2D eigenvalue weighted by Crippen LogP contribution is 2.39. The first-order valence-corrected chi connectivity index (χ1v) is 54.0. The standard InChI is InChI=1S/C124H96N4OSi4/c1-124(2,3)94-80-81-125-122(86-94)128-118-75-41-40-72-116(118)117-79-78-97(88-121(117)128)129-96-47-44-46-95(87-96)126-91-127(120-77-43-42-76-119(120)126)123-114(92-82-110(130(98-48-16-4-17-49-98,99-50-18-5-19-51-99)100-52-20-6-21-53-100)89-111(83-92)131(101-54-22-7-23-55-101,102-56-24-8-25-57-102)103-58-26-9-27-59-103)73-45-74-115(123)93-84-112(132(104-60-28-10-29-61-104,105-62-30-11-31-63-105)106-64-32-12-33-65-106)90-113(85-93)133(107-66-34-13-35-67-107,108-68-36-14-37-69-108)109-70-38-15-39-71-109/h4-90H,1-3H3. The SMILES string of the molecule is CC(C)(C)c1ccnc(-n2c3ccccc3c3ccc(Oc4cccc(-n5[c-][n+](-c6c(-c7cc([Si](c8ccccc8)(c8ccccc8)c8ccccc8)cc([Si](c8ccccc8)(c8ccccc8)c8ccccc8)c7)cccc6-c6cc([Si](c7ccccc7)(c7ccccc7)c7ccccc7)cc([Si](c7ccccc7)(c7ccccc7)c7ccccc7)c6)c6ccccc65)c4)cc32)c1. The van der Waals surface area contributed by atoms with Gasteiger partial charge in [0, 0.05) is 23.0 Å². The molecule has 22 rings (SSSR count). The second kappa shape index (κ2) is 35.3.